The van der Waals surface area contributed by atoms with Crippen molar-refractivity contribution in [1.29, 1.82) is 0 Å². The van der Waals surface area contributed by atoms with Crippen LogP contribution in [0.25, 0.3) is 0 Å². The number of hydrogen-bond acceptors (Lipinski definition) is 1. The van der Waals surface area contributed by atoms with Gasteiger partial charge < -0.3 is 0 Å². The third kappa shape index (κ3) is 7.31. The molecule has 0 bridgehead atoms. The minimum absolute atomic E-state index is 0.777. The van der Waals surface area contributed by atoms with Gasteiger partial charge in [0, 0.05) is 0 Å². The molecule has 0 aliphatic rings. The number of carbonyl (C=O) groups is 1. The van der Waals surface area contributed by atoms with Crippen molar-refractivity contribution in [3.63, 3.8) is 0 Å². The SMILES string of the molecule is CC(=CC=O)CCCC(C)C. The van der Waals surface area contributed by atoms with E-state index in [0.29, 0.717) is 0 Å². The molecule has 1 heteroatoms. The minimum atomic E-state index is 0.777. The smallest absolute Gasteiger partial charge is 0.142 e. The second-order valence-corrected chi connectivity index (χ2v) is 3.44. The van der Waals surface area contributed by atoms with Gasteiger partial charge in [0.25, 0.3) is 0 Å². The Hall–Kier alpha value is -0.590. The molecule has 0 fully saturated rings. The van der Waals surface area contributed by atoms with Crippen molar-refractivity contribution >= 4 is 6.29 Å². The number of allylic oxidation sites excluding steroid dienone is 2. The maximum atomic E-state index is 10.0. The summed E-state index contributed by atoms with van der Waals surface area (Å²) in [6, 6.07) is 0. The summed E-state index contributed by atoms with van der Waals surface area (Å²) in [7, 11) is 0. The van der Waals surface area contributed by atoms with E-state index >= 15 is 0 Å². The Kier molecular flexibility index (Phi) is 5.81. The van der Waals surface area contributed by atoms with Crippen LogP contribution in [-0.4, -0.2) is 6.29 Å². The highest BCUT2D eigenvalue weighted by Crippen LogP contribution is 2.10. The molecule has 0 aliphatic carbocycles. The minimum Gasteiger partial charge on any atom is -0.299 e. The largest absolute Gasteiger partial charge is 0.299 e. The second kappa shape index (κ2) is 6.14. The fourth-order valence-corrected chi connectivity index (χ4v) is 0.989. The average molecular weight is 154 g/mol. The molecule has 0 aromatic heterocycles. The molecule has 64 valence electrons. The number of carbonyl (C=O) groups excluding carboxylic acids is 1. The van der Waals surface area contributed by atoms with Crippen LogP contribution in [-0.2, 0) is 4.79 Å². The summed E-state index contributed by atoms with van der Waals surface area (Å²) in [5, 5.41) is 0. The van der Waals surface area contributed by atoms with Gasteiger partial charge in [0.1, 0.15) is 6.29 Å². The molecule has 0 heterocycles. The lowest BCUT2D eigenvalue weighted by atomic mass is 10.0. The van der Waals surface area contributed by atoms with Crippen LogP contribution in [0, 0.1) is 5.92 Å². The van der Waals surface area contributed by atoms with Crippen LogP contribution in [0.4, 0.5) is 0 Å². The zero-order valence-corrected chi connectivity index (χ0v) is 7.76. The summed E-state index contributed by atoms with van der Waals surface area (Å²) in [4.78, 5) is 10.0. The third-order valence-corrected chi connectivity index (χ3v) is 1.71. The Morgan fingerprint density at radius 3 is 2.55 bits per heavy atom. The van der Waals surface area contributed by atoms with Gasteiger partial charge in [-0.3, -0.25) is 4.79 Å². The summed E-state index contributed by atoms with van der Waals surface area (Å²) in [5.74, 6) is 0.777. The number of rotatable bonds is 5. The monoisotopic (exact) mass is 154 g/mol. The van der Waals surface area contributed by atoms with Crippen molar-refractivity contribution in [2.75, 3.05) is 0 Å². The second-order valence-electron chi connectivity index (χ2n) is 3.44. The summed E-state index contributed by atoms with van der Waals surface area (Å²) < 4.78 is 0. The molecular formula is C10H18O. The number of hydrogen-bond donors (Lipinski definition) is 0. The highest BCUT2D eigenvalue weighted by atomic mass is 16.1. The van der Waals surface area contributed by atoms with Gasteiger partial charge in [-0.2, -0.15) is 0 Å². The van der Waals surface area contributed by atoms with E-state index < -0.39 is 0 Å². The van der Waals surface area contributed by atoms with Gasteiger partial charge in [-0.25, -0.2) is 0 Å². The van der Waals surface area contributed by atoms with Crippen LogP contribution in [0.1, 0.15) is 40.0 Å². The average Bonchev–Trinajstić information content (AvgIpc) is 1.87. The first-order valence-electron chi connectivity index (χ1n) is 4.27. The molecule has 0 N–H and O–H groups in total. The molecular weight excluding hydrogens is 136 g/mol. The molecule has 0 unspecified atom stereocenters. The molecule has 1 nitrogen and oxygen atoms in total. The Morgan fingerprint density at radius 1 is 1.45 bits per heavy atom. The highest BCUT2D eigenvalue weighted by molar-refractivity contribution is 5.65. The van der Waals surface area contributed by atoms with Crippen LogP contribution in [0.2, 0.25) is 0 Å². The zero-order valence-electron chi connectivity index (χ0n) is 7.76. The molecule has 0 aromatic rings. The van der Waals surface area contributed by atoms with Gasteiger partial charge >= 0.3 is 0 Å². The quantitative estimate of drug-likeness (QED) is 0.439. The first-order chi connectivity index (χ1) is 5.16. The fourth-order valence-electron chi connectivity index (χ4n) is 0.989. The summed E-state index contributed by atoms with van der Waals surface area (Å²) in [6.07, 6.45) is 6.04. The maximum absolute atomic E-state index is 10.0. The van der Waals surface area contributed by atoms with Crippen LogP contribution in [0.3, 0.4) is 0 Å². The van der Waals surface area contributed by atoms with Crippen molar-refractivity contribution in [3.8, 4) is 0 Å². The standard InChI is InChI=1S/C10H18O/c1-9(2)5-4-6-10(3)7-8-11/h7-9H,4-6H2,1-3H3. The highest BCUT2D eigenvalue weighted by Gasteiger charge is 1.94. The predicted octanol–water partition coefficient (Wildman–Crippen LogP) is 2.96. The lowest BCUT2D eigenvalue weighted by Crippen LogP contribution is -1.87. The van der Waals surface area contributed by atoms with Crippen molar-refractivity contribution in [3.05, 3.63) is 11.6 Å². The lowest BCUT2D eigenvalue weighted by Gasteiger charge is -2.03. The molecule has 0 aromatic carbocycles. The van der Waals surface area contributed by atoms with Gasteiger partial charge in [0.05, 0.1) is 0 Å². The normalized spacial score (nSPS) is 12.2. The Labute approximate surface area is 69.5 Å². The van der Waals surface area contributed by atoms with E-state index in [0.717, 1.165) is 18.6 Å². The van der Waals surface area contributed by atoms with E-state index in [2.05, 4.69) is 13.8 Å². The van der Waals surface area contributed by atoms with Crippen LogP contribution < -0.4 is 0 Å². The van der Waals surface area contributed by atoms with E-state index in [1.165, 1.54) is 18.4 Å². The lowest BCUT2D eigenvalue weighted by molar-refractivity contribution is -0.104. The van der Waals surface area contributed by atoms with Crippen molar-refractivity contribution in [1.82, 2.24) is 0 Å². The van der Waals surface area contributed by atoms with Gasteiger partial charge in [-0.15, -0.1) is 0 Å². The van der Waals surface area contributed by atoms with E-state index in [1.807, 2.05) is 6.92 Å². The summed E-state index contributed by atoms with van der Waals surface area (Å²) >= 11 is 0. The van der Waals surface area contributed by atoms with E-state index in [-0.39, 0.29) is 0 Å². The zero-order chi connectivity index (χ0) is 8.69. The summed E-state index contributed by atoms with van der Waals surface area (Å²) in [5.41, 5.74) is 1.20. The molecule has 0 radical (unpaired) electrons. The molecule has 0 saturated carbocycles. The molecule has 0 spiro atoms. The van der Waals surface area contributed by atoms with Crippen LogP contribution in [0.5, 0.6) is 0 Å². The molecule has 0 rings (SSSR count). The van der Waals surface area contributed by atoms with E-state index in [1.54, 1.807) is 6.08 Å². The molecule has 0 aliphatic heterocycles. The molecule has 0 atom stereocenters. The Balaban J connectivity index is 3.38. The van der Waals surface area contributed by atoms with Gasteiger partial charge in [-0.1, -0.05) is 25.8 Å². The predicted molar refractivity (Wildman–Crippen MR) is 48.5 cm³/mol. The maximum Gasteiger partial charge on any atom is 0.142 e. The topological polar surface area (TPSA) is 17.1 Å². The fraction of sp³-hybridized carbons (Fsp3) is 0.700. The van der Waals surface area contributed by atoms with Crippen molar-refractivity contribution in [2.24, 2.45) is 5.92 Å². The van der Waals surface area contributed by atoms with Crippen molar-refractivity contribution in [2.45, 2.75) is 40.0 Å². The first kappa shape index (κ1) is 10.4. The van der Waals surface area contributed by atoms with Crippen LogP contribution in [0.15, 0.2) is 11.6 Å². The third-order valence-electron chi connectivity index (χ3n) is 1.71. The Morgan fingerprint density at radius 2 is 2.09 bits per heavy atom. The first-order valence-corrected chi connectivity index (χ1v) is 4.27. The molecule has 11 heavy (non-hydrogen) atoms. The van der Waals surface area contributed by atoms with Gasteiger partial charge in [0.15, 0.2) is 0 Å². The van der Waals surface area contributed by atoms with Crippen molar-refractivity contribution < 1.29 is 4.79 Å². The van der Waals surface area contributed by atoms with E-state index in [9.17, 15) is 4.79 Å². The van der Waals surface area contributed by atoms with Crippen LogP contribution >= 0.6 is 0 Å². The van der Waals surface area contributed by atoms with E-state index in [4.69, 9.17) is 0 Å². The summed E-state index contributed by atoms with van der Waals surface area (Å²) in [6.45, 7) is 6.45. The van der Waals surface area contributed by atoms with Gasteiger partial charge in [-0.05, 0) is 31.8 Å². The molecule has 0 amide bonds. The Bertz CT molecular complexity index is 134. The van der Waals surface area contributed by atoms with Gasteiger partial charge in [0.2, 0.25) is 0 Å². The molecule has 0 saturated heterocycles. The number of aldehydes is 1.